The Morgan fingerprint density at radius 2 is 0.986 bits per heavy atom. The summed E-state index contributed by atoms with van der Waals surface area (Å²) in [5.74, 6) is 3.13. The fraction of sp³-hybridized carbons (Fsp3) is 0.179. The maximum atomic E-state index is 12.3. The first kappa shape index (κ1) is 50.0. The standard InChI is InChI=1S/C28H27NO5.C16H19NO2.C12H10O4/c1-31-24-12-9-22(28-23(24)15-17-33-28)10-13-27(30)29-16-14-20-8-11-25(32-2)26(18-20)34-19-21-6-4-3-5-7-21;1-18-15-8-7-13(9-10-17)11-16(15)19-12-14-5-3-2-4-6-14;1-15-10-4-2-8(3-5-11(13)14)12-9(10)6-7-16-12/h3-13,15,17-18H,14,16,19H2,1-2H3,(H,29,30);2-8,11H,9-10,12,17H2,1H3;2-7H,1H3,(H,13,14)/b13-10+;;5-3+. The molecule has 1 amide bonds. The van der Waals surface area contributed by atoms with Crippen LogP contribution in [-0.4, -0.2) is 58.5 Å². The fourth-order valence-electron chi connectivity index (χ4n) is 7.07. The van der Waals surface area contributed by atoms with Gasteiger partial charge in [0.15, 0.2) is 23.0 Å². The number of ether oxygens (including phenoxy) is 6. The van der Waals surface area contributed by atoms with Crippen molar-refractivity contribution in [1.82, 2.24) is 5.32 Å². The molecule has 6 aromatic carbocycles. The lowest BCUT2D eigenvalue weighted by Gasteiger charge is -2.12. The van der Waals surface area contributed by atoms with Gasteiger partial charge in [0, 0.05) is 29.8 Å². The number of rotatable bonds is 19. The number of benzene rings is 6. The summed E-state index contributed by atoms with van der Waals surface area (Å²) in [7, 11) is 6.46. The number of amides is 1. The molecule has 69 heavy (non-hydrogen) atoms. The largest absolute Gasteiger partial charge is 0.496 e. The van der Waals surface area contributed by atoms with Crippen molar-refractivity contribution in [3.8, 4) is 34.5 Å². The number of carboxylic acid groups (broad SMARTS) is 1. The quantitative estimate of drug-likeness (QED) is 0.0656. The average Bonchev–Trinajstić information content (AvgIpc) is 4.09. The third-order valence-electron chi connectivity index (χ3n) is 10.6. The number of carbonyl (C=O) groups excluding carboxylic acids is 1. The summed E-state index contributed by atoms with van der Waals surface area (Å²) in [5.41, 5.74) is 12.8. The summed E-state index contributed by atoms with van der Waals surface area (Å²) in [5, 5.41) is 13.2. The molecule has 0 saturated carbocycles. The predicted octanol–water partition coefficient (Wildman–Crippen LogP) is 10.7. The van der Waals surface area contributed by atoms with Gasteiger partial charge >= 0.3 is 5.97 Å². The number of nitrogens with one attached hydrogen (secondary N) is 1. The van der Waals surface area contributed by atoms with Gasteiger partial charge in [-0.3, -0.25) is 4.79 Å². The molecule has 2 aromatic heterocycles. The number of methoxy groups -OCH3 is 4. The van der Waals surface area contributed by atoms with E-state index in [1.54, 1.807) is 65.2 Å². The smallest absolute Gasteiger partial charge is 0.328 e. The van der Waals surface area contributed by atoms with Crippen molar-refractivity contribution >= 4 is 46.0 Å². The Balaban J connectivity index is 0.000000188. The molecule has 2 heterocycles. The number of furan rings is 2. The number of aliphatic carboxylic acids is 1. The molecule has 8 rings (SSSR count). The molecule has 0 fully saturated rings. The first-order valence-electron chi connectivity index (χ1n) is 22.1. The van der Waals surface area contributed by atoms with Crippen LogP contribution in [0.4, 0.5) is 0 Å². The summed E-state index contributed by atoms with van der Waals surface area (Å²) in [6.07, 6.45) is 10.5. The molecule has 0 radical (unpaired) electrons. The first-order chi connectivity index (χ1) is 33.7. The molecule has 4 N–H and O–H groups in total. The van der Waals surface area contributed by atoms with Gasteiger partial charge in [0.1, 0.15) is 35.9 Å². The van der Waals surface area contributed by atoms with E-state index in [1.165, 1.54) is 12.2 Å². The normalized spacial score (nSPS) is 10.8. The summed E-state index contributed by atoms with van der Waals surface area (Å²) in [6, 6.07) is 42.7. The van der Waals surface area contributed by atoms with Crippen LogP contribution in [0.1, 0.15) is 33.4 Å². The minimum absolute atomic E-state index is 0.176. The van der Waals surface area contributed by atoms with Gasteiger partial charge in [0.2, 0.25) is 5.91 Å². The predicted molar refractivity (Wildman–Crippen MR) is 268 cm³/mol. The molecule has 356 valence electrons. The summed E-state index contributed by atoms with van der Waals surface area (Å²) < 4.78 is 43.9. The number of hydrogen-bond acceptors (Lipinski definition) is 11. The summed E-state index contributed by atoms with van der Waals surface area (Å²) in [6.45, 7) is 2.11. The van der Waals surface area contributed by atoms with Gasteiger partial charge in [-0.25, -0.2) is 4.79 Å². The molecule has 0 aliphatic heterocycles. The van der Waals surface area contributed by atoms with Gasteiger partial charge in [-0.15, -0.1) is 0 Å². The lowest BCUT2D eigenvalue weighted by atomic mass is 10.1. The van der Waals surface area contributed by atoms with Crippen molar-refractivity contribution < 1.29 is 52.0 Å². The Labute approximate surface area is 401 Å². The Bertz CT molecular complexity index is 2940. The molecule has 0 unspecified atom stereocenters. The number of nitrogens with two attached hydrogens (primary N) is 1. The van der Waals surface area contributed by atoms with Gasteiger partial charge in [0.05, 0.1) is 51.7 Å². The zero-order chi connectivity index (χ0) is 48.8. The van der Waals surface area contributed by atoms with E-state index in [4.69, 9.17) is 48.1 Å². The van der Waals surface area contributed by atoms with Crippen molar-refractivity contribution in [1.29, 1.82) is 0 Å². The summed E-state index contributed by atoms with van der Waals surface area (Å²) in [4.78, 5) is 22.8. The molecule has 0 aliphatic rings. The second kappa shape index (κ2) is 26.1. The van der Waals surface area contributed by atoms with Gasteiger partial charge in [0.25, 0.3) is 0 Å². The van der Waals surface area contributed by atoms with Crippen LogP contribution < -0.4 is 39.5 Å². The lowest BCUT2D eigenvalue weighted by Crippen LogP contribution is -2.23. The van der Waals surface area contributed by atoms with Crippen LogP contribution in [0, 0.1) is 0 Å². The van der Waals surface area contributed by atoms with Crippen LogP contribution in [0.2, 0.25) is 0 Å². The fourth-order valence-corrected chi connectivity index (χ4v) is 7.07. The van der Waals surface area contributed by atoms with E-state index in [0.717, 1.165) is 68.3 Å². The summed E-state index contributed by atoms with van der Waals surface area (Å²) >= 11 is 0. The van der Waals surface area contributed by atoms with Gasteiger partial charge in [-0.1, -0.05) is 72.8 Å². The number of carbonyl (C=O) groups is 2. The van der Waals surface area contributed by atoms with E-state index in [-0.39, 0.29) is 5.91 Å². The minimum atomic E-state index is -0.990. The van der Waals surface area contributed by atoms with Crippen molar-refractivity contribution in [2.75, 3.05) is 41.5 Å². The number of fused-ring (bicyclic) bond motifs is 2. The van der Waals surface area contributed by atoms with Crippen LogP contribution in [-0.2, 0) is 35.6 Å². The zero-order valence-electron chi connectivity index (χ0n) is 39.0. The highest BCUT2D eigenvalue weighted by molar-refractivity contribution is 5.97. The molecule has 8 aromatic rings. The van der Waals surface area contributed by atoms with Gasteiger partial charge in [-0.2, -0.15) is 0 Å². The highest BCUT2D eigenvalue weighted by Crippen LogP contribution is 2.33. The number of carboxylic acids is 1. The monoisotopic (exact) mass is 932 g/mol. The van der Waals surface area contributed by atoms with Gasteiger partial charge < -0.3 is 53.4 Å². The maximum Gasteiger partial charge on any atom is 0.328 e. The Hall–Kier alpha value is -8.42. The molecule has 0 bridgehead atoms. The van der Waals surface area contributed by atoms with Crippen LogP contribution in [0.3, 0.4) is 0 Å². The molecule has 13 heteroatoms. The molecular weight excluding hydrogens is 877 g/mol. The molecular formula is C56H56N2O11. The van der Waals surface area contributed by atoms with Crippen LogP contribution >= 0.6 is 0 Å². The van der Waals surface area contributed by atoms with Crippen molar-refractivity contribution in [2.45, 2.75) is 26.1 Å². The average molecular weight is 933 g/mol. The second-order valence-corrected chi connectivity index (χ2v) is 15.1. The van der Waals surface area contributed by atoms with E-state index in [1.807, 2.05) is 115 Å². The zero-order valence-corrected chi connectivity index (χ0v) is 39.0. The third kappa shape index (κ3) is 14.5. The topological polar surface area (TPSA) is 174 Å². The molecule has 0 atom stereocenters. The first-order valence-corrected chi connectivity index (χ1v) is 22.1. The Kier molecular flexibility index (Phi) is 18.9. The highest BCUT2D eigenvalue weighted by atomic mass is 16.5. The lowest BCUT2D eigenvalue weighted by molar-refractivity contribution is -0.131. The van der Waals surface area contributed by atoms with Crippen LogP contribution in [0.15, 0.2) is 167 Å². The molecule has 0 aliphatic carbocycles. The molecule has 0 saturated heterocycles. The van der Waals surface area contributed by atoms with E-state index in [2.05, 4.69) is 5.32 Å². The van der Waals surface area contributed by atoms with Crippen LogP contribution in [0.25, 0.3) is 34.1 Å². The maximum absolute atomic E-state index is 12.3. The van der Waals surface area contributed by atoms with E-state index in [0.29, 0.717) is 66.7 Å². The Morgan fingerprint density at radius 3 is 1.43 bits per heavy atom. The van der Waals surface area contributed by atoms with E-state index >= 15 is 0 Å². The van der Waals surface area contributed by atoms with E-state index < -0.39 is 5.97 Å². The molecule has 0 spiro atoms. The highest BCUT2D eigenvalue weighted by Gasteiger charge is 2.11. The molecule has 13 nitrogen and oxygen atoms in total. The third-order valence-corrected chi connectivity index (χ3v) is 10.6. The SMILES string of the molecule is COc1ccc(/C=C/C(=O)O)c2occc12.COc1ccc(CCN)cc1OCc1ccccc1.COc1ccc(CCNC(=O)/C=C/c2ccc(OC)c3ccoc23)cc1OCc1ccccc1. The Morgan fingerprint density at radius 1 is 0.536 bits per heavy atom. The van der Waals surface area contributed by atoms with Crippen molar-refractivity contribution in [3.05, 3.63) is 192 Å². The van der Waals surface area contributed by atoms with Gasteiger partial charge in [-0.05, 0) is 114 Å². The minimum Gasteiger partial charge on any atom is -0.496 e. The van der Waals surface area contributed by atoms with E-state index in [9.17, 15) is 9.59 Å². The number of hydrogen-bond donors (Lipinski definition) is 3. The van der Waals surface area contributed by atoms with Crippen LogP contribution in [0.5, 0.6) is 34.5 Å². The van der Waals surface area contributed by atoms with Crippen molar-refractivity contribution in [2.24, 2.45) is 5.73 Å². The second-order valence-electron chi connectivity index (χ2n) is 15.1. The van der Waals surface area contributed by atoms with Crippen molar-refractivity contribution in [3.63, 3.8) is 0 Å².